The van der Waals surface area contributed by atoms with E-state index in [2.05, 4.69) is 0 Å². The molecule has 0 saturated carbocycles. The van der Waals surface area contributed by atoms with Gasteiger partial charge in [-0.1, -0.05) is 36.4 Å². The smallest absolute Gasteiger partial charge is 0.0541 e. The Morgan fingerprint density at radius 3 is 1.40 bits per heavy atom. The largest absolute Gasteiger partial charge is 0.254 e. The number of rotatable bonds is 5. The number of benzene rings is 2. The van der Waals surface area contributed by atoms with Crippen LogP contribution in [0.2, 0.25) is 0 Å². The molecule has 2 rings (SSSR count). The molecule has 2 atom stereocenters. The first-order chi connectivity index (χ1) is 9.59. The van der Waals surface area contributed by atoms with Gasteiger partial charge in [-0.15, -0.1) is 0 Å². The van der Waals surface area contributed by atoms with E-state index in [1.54, 1.807) is 0 Å². The van der Waals surface area contributed by atoms with Crippen molar-refractivity contribution in [3.8, 4) is 0 Å². The van der Waals surface area contributed by atoms with Crippen LogP contribution in [0.3, 0.4) is 0 Å². The van der Waals surface area contributed by atoms with E-state index in [1.165, 1.54) is 0 Å². The van der Waals surface area contributed by atoms with E-state index in [9.17, 15) is 8.42 Å². The number of hydrogen-bond acceptors (Lipinski definition) is 2. The number of aryl methyl sites for hydroxylation is 2. The quantitative estimate of drug-likeness (QED) is 0.850. The van der Waals surface area contributed by atoms with Crippen LogP contribution in [0.4, 0.5) is 0 Å². The standard InChI is InChI=1S/C16H18O2S2/c1-13-7-3-5-9-15(13)19(17)11-12-20(18)16-10-6-4-8-14(16)2/h3-10H,11-12H2,1-2H3/t19-,20-/m0/s1. The zero-order chi connectivity index (χ0) is 14.5. The normalized spacial score (nSPS) is 13.9. The van der Waals surface area contributed by atoms with Gasteiger partial charge >= 0.3 is 0 Å². The average molecular weight is 306 g/mol. The second-order valence-corrected chi connectivity index (χ2v) is 7.71. The molecule has 0 bridgehead atoms. The van der Waals surface area contributed by atoms with Gasteiger partial charge < -0.3 is 0 Å². The van der Waals surface area contributed by atoms with E-state index >= 15 is 0 Å². The first-order valence-corrected chi connectivity index (χ1v) is 9.11. The van der Waals surface area contributed by atoms with Gasteiger partial charge in [-0.3, -0.25) is 8.42 Å². The van der Waals surface area contributed by atoms with Crippen molar-refractivity contribution in [1.29, 1.82) is 0 Å². The Balaban J connectivity index is 2.03. The summed E-state index contributed by atoms with van der Waals surface area (Å²) >= 11 is 0. The molecule has 0 saturated heterocycles. The molecule has 0 aliphatic heterocycles. The fraction of sp³-hybridized carbons (Fsp3) is 0.250. The Hall–Kier alpha value is -1.26. The van der Waals surface area contributed by atoms with Crippen molar-refractivity contribution >= 4 is 21.6 Å². The third-order valence-corrected chi connectivity index (χ3v) is 6.44. The number of hydrogen-bond donors (Lipinski definition) is 0. The van der Waals surface area contributed by atoms with E-state index < -0.39 is 21.6 Å². The first kappa shape index (κ1) is 15.1. The minimum absolute atomic E-state index is 0.422. The Bertz CT molecular complexity index is 593. The molecule has 0 fully saturated rings. The van der Waals surface area contributed by atoms with Crippen molar-refractivity contribution in [2.24, 2.45) is 0 Å². The van der Waals surface area contributed by atoms with Crippen LogP contribution >= 0.6 is 0 Å². The average Bonchev–Trinajstić information content (AvgIpc) is 2.45. The van der Waals surface area contributed by atoms with Crippen LogP contribution in [0.5, 0.6) is 0 Å². The van der Waals surface area contributed by atoms with Gasteiger partial charge in [-0.2, -0.15) is 0 Å². The SMILES string of the molecule is Cc1ccccc1[S@@](=O)CC[S@](=O)c1ccccc1C. The monoisotopic (exact) mass is 306 g/mol. The summed E-state index contributed by atoms with van der Waals surface area (Å²) < 4.78 is 24.5. The fourth-order valence-electron chi connectivity index (χ4n) is 2.00. The second-order valence-electron chi connectivity index (χ2n) is 4.63. The Labute approximate surface area is 125 Å². The van der Waals surface area contributed by atoms with E-state index in [4.69, 9.17) is 0 Å². The minimum atomic E-state index is -1.09. The van der Waals surface area contributed by atoms with Gasteiger partial charge in [-0.25, -0.2) is 0 Å². The third-order valence-electron chi connectivity index (χ3n) is 3.13. The van der Waals surface area contributed by atoms with Crippen LogP contribution in [0.1, 0.15) is 11.1 Å². The highest BCUT2D eigenvalue weighted by Gasteiger charge is 2.11. The topological polar surface area (TPSA) is 34.1 Å². The fourth-order valence-corrected chi connectivity index (χ4v) is 4.96. The Morgan fingerprint density at radius 1 is 0.700 bits per heavy atom. The van der Waals surface area contributed by atoms with Gasteiger partial charge in [0.05, 0.1) is 21.6 Å². The summed E-state index contributed by atoms with van der Waals surface area (Å²) in [7, 11) is -2.18. The summed E-state index contributed by atoms with van der Waals surface area (Å²) in [6.45, 7) is 3.90. The van der Waals surface area contributed by atoms with Crippen LogP contribution < -0.4 is 0 Å². The van der Waals surface area contributed by atoms with Crippen LogP contribution in [0.25, 0.3) is 0 Å². The van der Waals surface area contributed by atoms with Gasteiger partial charge in [0.25, 0.3) is 0 Å². The molecular formula is C16H18O2S2. The van der Waals surface area contributed by atoms with E-state index in [1.807, 2.05) is 62.4 Å². The summed E-state index contributed by atoms with van der Waals surface area (Å²) in [5, 5.41) is 0. The summed E-state index contributed by atoms with van der Waals surface area (Å²) in [6.07, 6.45) is 0. The van der Waals surface area contributed by atoms with Crippen molar-refractivity contribution < 1.29 is 8.42 Å². The van der Waals surface area contributed by atoms with Gasteiger partial charge in [0, 0.05) is 21.3 Å². The van der Waals surface area contributed by atoms with Crippen molar-refractivity contribution in [1.82, 2.24) is 0 Å². The van der Waals surface area contributed by atoms with E-state index in [-0.39, 0.29) is 0 Å². The predicted molar refractivity (Wildman–Crippen MR) is 84.9 cm³/mol. The molecule has 0 aliphatic carbocycles. The van der Waals surface area contributed by atoms with E-state index in [0.29, 0.717) is 11.5 Å². The molecule has 2 aromatic rings. The highest BCUT2D eigenvalue weighted by Crippen LogP contribution is 2.15. The lowest BCUT2D eigenvalue weighted by molar-refractivity contribution is 0.677. The summed E-state index contributed by atoms with van der Waals surface area (Å²) in [4.78, 5) is 1.68. The highest BCUT2D eigenvalue weighted by molar-refractivity contribution is 7.88. The van der Waals surface area contributed by atoms with Gasteiger partial charge in [0.2, 0.25) is 0 Å². The molecule has 0 amide bonds. The highest BCUT2D eigenvalue weighted by atomic mass is 32.2. The Kier molecular flexibility index (Phi) is 5.26. The van der Waals surface area contributed by atoms with Gasteiger partial charge in [-0.05, 0) is 37.1 Å². The summed E-state index contributed by atoms with van der Waals surface area (Å²) in [6, 6.07) is 15.3. The van der Waals surface area contributed by atoms with Gasteiger partial charge in [0.1, 0.15) is 0 Å². The maximum atomic E-state index is 12.3. The van der Waals surface area contributed by atoms with E-state index in [0.717, 1.165) is 20.9 Å². The van der Waals surface area contributed by atoms with Crippen LogP contribution in [-0.2, 0) is 21.6 Å². The molecule has 0 unspecified atom stereocenters. The molecule has 0 heterocycles. The third kappa shape index (κ3) is 3.64. The lowest BCUT2D eigenvalue weighted by Gasteiger charge is -2.07. The molecular weight excluding hydrogens is 288 g/mol. The lowest BCUT2D eigenvalue weighted by Crippen LogP contribution is -2.10. The summed E-state index contributed by atoms with van der Waals surface area (Å²) in [5.41, 5.74) is 2.04. The predicted octanol–water partition coefficient (Wildman–Crippen LogP) is 3.22. The second kappa shape index (κ2) is 6.95. The van der Waals surface area contributed by atoms with Crippen molar-refractivity contribution in [3.63, 3.8) is 0 Å². The molecule has 4 heteroatoms. The molecule has 0 aromatic heterocycles. The van der Waals surface area contributed by atoms with Crippen molar-refractivity contribution in [3.05, 3.63) is 59.7 Å². The molecule has 2 nitrogen and oxygen atoms in total. The van der Waals surface area contributed by atoms with Crippen LogP contribution in [0.15, 0.2) is 58.3 Å². The van der Waals surface area contributed by atoms with Crippen LogP contribution in [0, 0.1) is 13.8 Å². The van der Waals surface area contributed by atoms with Gasteiger partial charge in [0.15, 0.2) is 0 Å². The Morgan fingerprint density at radius 2 is 1.05 bits per heavy atom. The molecule has 0 spiro atoms. The lowest BCUT2D eigenvalue weighted by atomic mass is 10.2. The van der Waals surface area contributed by atoms with Crippen LogP contribution in [-0.4, -0.2) is 19.9 Å². The maximum absolute atomic E-state index is 12.3. The molecule has 0 aliphatic rings. The molecule has 0 N–H and O–H groups in total. The molecule has 0 radical (unpaired) electrons. The molecule has 2 aromatic carbocycles. The summed E-state index contributed by atoms with van der Waals surface area (Å²) in [5.74, 6) is 0.845. The zero-order valence-electron chi connectivity index (χ0n) is 11.7. The first-order valence-electron chi connectivity index (χ1n) is 6.47. The molecule has 106 valence electrons. The minimum Gasteiger partial charge on any atom is -0.254 e. The molecule has 20 heavy (non-hydrogen) atoms. The van der Waals surface area contributed by atoms with Crippen molar-refractivity contribution in [2.75, 3.05) is 11.5 Å². The zero-order valence-corrected chi connectivity index (χ0v) is 13.3. The van der Waals surface area contributed by atoms with Crippen molar-refractivity contribution in [2.45, 2.75) is 23.6 Å². The maximum Gasteiger partial charge on any atom is 0.0541 e.